The molecule has 156 valence electrons. The molecule has 0 aliphatic heterocycles. The van der Waals surface area contributed by atoms with E-state index in [0.29, 0.717) is 33.8 Å². The highest BCUT2D eigenvalue weighted by atomic mass is 32.2. The molecule has 0 saturated heterocycles. The second kappa shape index (κ2) is 9.92. The van der Waals surface area contributed by atoms with Gasteiger partial charge in [-0.05, 0) is 23.1 Å². The van der Waals surface area contributed by atoms with Gasteiger partial charge in [0.1, 0.15) is 11.4 Å². The number of hydrogen-bond donors (Lipinski definition) is 1. The molecule has 0 aliphatic rings. The summed E-state index contributed by atoms with van der Waals surface area (Å²) in [6.07, 6.45) is 1.44. The van der Waals surface area contributed by atoms with Gasteiger partial charge in [-0.25, -0.2) is 4.98 Å². The van der Waals surface area contributed by atoms with Crippen LogP contribution in [-0.4, -0.2) is 27.8 Å². The third-order valence-electron chi connectivity index (χ3n) is 4.63. The number of aromatic nitrogens is 2. The van der Waals surface area contributed by atoms with E-state index >= 15 is 0 Å². The van der Waals surface area contributed by atoms with E-state index in [1.54, 1.807) is 29.2 Å². The zero-order chi connectivity index (χ0) is 21.6. The Balaban J connectivity index is 1.34. The molecule has 0 bridgehead atoms. The molecule has 0 radical (unpaired) electrons. The number of nitrogens with zero attached hydrogens (tertiary/aromatic N) is 3. The SMILES string of the molecule is N#Cc1ccccc1CSCCNC(=O)Cn1cnc2scc(-c3cccs3)c2c1=O. The van der Waals surface area contributed by atoms with E-state index in [2.05, 4.69) is 16.4 Å². The maximum Gasteiger partial charge on any atom is 0.263 e. The van der Waals surface area contributed by atoms with Crippen molar-refractivity contribution in [3.05, 3.63) is 75.0 Å². The summed E-state index contributed by atoms with van der Waals surface area (Å²) in [6.45, 7) is 0.422. The standard InChI is InChI=1S/C22H18N4O2S3/c23-10-15-4-1-2-5-16(15)12-29-9-7-24-19(27)11-26-14-25-21-20(22(26)28)17(13-31-21)18-6-3-8-30-18/h1-6,8,13-14H,7,9,11-12H2,(H,24,27). The van der Waals surface area contributed by atoms with E-state index in [0.717, 1.165) is 16.0 Å². The Morgan fingerprint density at radius 3 is 2.90 bits per heavy atom. The number of thioether (sulfide) groups is 1. The first-order valence-corrected chi connectivity index (χ1v) is 12.4. The van der Waals surface area contributed by atoms with Crippen LogP contribution in [0.1, 0.15) is 11.1 Å². The molecule has 0 atom stereocenters. The van der Waals surface area contributed by atoms with Gasteiger partial charge < -0.3 is 5.32 Å². The Morgan fingerprint density at radius 2 is 2.10 bits per heavy atom. The number of nitriles is 1. The predicted molar refractivity (Wildman–Crippen MR) is 128 cm³/mol. The molecular weight excluding hydrogens is 448 g/mol. The van der Waals surface area contributed by atoms with E-state index in [4.69, 9.17) is 5.26 Å². The predicted octanol–water partition coefficient (Wildman–Crippen LogP) is 4.11. The van der Waals surface area contributed by atoms with Crippen LogP contribution in [0.4, 0.5) is 0 Å². The third-order valence-corrected chi connectivity index (χ3v) is 7.42. The molecule has 0 unspecified atom stereocenters. The largest absolute Gasteiger partial charge is 0.354 e. The van der Waals surface area contributed by atoms with Gasteiger partial charge in [0.2, 0.25) is 5.91 Å². The van der Waals surface area contributed by atoms with Crippen LogP contribution in [0.25, 0.3) is 20.7 Å². The molecule has 1 aromatic carbocycles. The quantitative estimate of drug-likeness (QED) is 0.395. The Hall–Kier alpha value is -2.93. The van der Waals surface area contributed by atoms with Gasteiger partial charge in [-0.2, -0.15) is 17.0 Å². The summed E-state index contributed by atoms with van der Waals surface area (Å²) >= 11 is 4.65. The van der Waals surface area contributed by atoms with Gasteiger partial charge in [0.25, 0.3) is 5.56 Å². The Bertz CT molecular complexity index is 1300. The number of fused-ring (bicyclic) bond motifs is 1. The van der Waals surface area contributed by atoms with Crippen molar-refractivity contribution in [3.63, 3.8) is 0 Å². The van der Waals surface area contributed by atoms with Gasteiger partial charge in [0, 0.05) is 33.9 Å². The monoisotopic (exact) mass is 466 g/mol. The summed E-state index contributed by atoms with van der Waals surface area (Å²) in [5.41, 5.74) is 2.34. The van der Waals surface area contributed by atoms with Crippen LogP contribution in [0.15, 0.2) is 58.3 Å². The first kappa shape index (κ1) is 21.3. The Kier molecular flexibility index (Phi) is 6.82. The van der Waals surface area contributed by atoms with Gasteiger partial charge in [-0.15, -0.1) is 22.7 Å². The second-order valence-corrected chi connectivity index (χ2v) is 9.57. The summed E-state index contributed by atoms with van der Waals surface area (Å²) in [6, 6.07) is 13.6. The van der Waals surface area contributed by atoms with E-state index in [1.807, 2.05) is 41.1 Å². The van der Waals surface area contributed by atoms with Crippen molar-refractivity contribution in [2.75, 3.05) is 12.3 Å². The number of nitrogens with one attached hydrogen (secondary N) is 1. The number of carbonyl (C=O) groups is 1. The summed E-state index contributed by atoms with van der Waals surface area (Å²) in [4.78, 5) is 31.4. The molecule has 4 aromatic rings. The zero-order valence-electron chi connectivity index (χ0n) is 16.4. The number of carbonyl (C=O) groups excluding carboxylic acids is 1. The van der Waals surface area contributed by atoms with Gasteiger partial charge in [-0.3, -0.25) is 14.2 Å². The van der Waals surface area contributed by atoms with E-state index < -0.39 is 0 Å². The van der Waals surface area contributed by atoms with Crippen molar-refractivity contribution in [2.45, 2.75) is 12.3 Å². The average molecular weight is 467 g/mol. The molecular formula is C22H18N4O2S3. The molecule has 1 N–H and O–H groups in total. The number of rotatable bonds is 8. The van der Waals surface area contributed by atoms with Crippen LogP contribution in [0.2, 0.25) is 0 Å². The van der Waals surface area contributed by atoms with Crippen molar-refractivity contribution in [1.82, 2.24) is 14.9 Å². The highest BCUT2D eigenvalue weighted by Crippen LogP contribution is 2.33. The molecule has 0 spiro atoms. The minimum absolute atomic E-state index is 0.0660. The van der Waals surface area contributed by atoms with Crippen LogP contribution in [-0.2, 0) is 17.1 Å². The Labute approximate surface area is 191 Å². The summed E-state index contributed by atoms with van der Waals surface area (Å²) < 4.78 is 1.36. The summed E-state index contributed by atoms with van der Waals surface area (Å²) in [7, 11) is 0. The van der Waals surface area contributed by atoms with Gasteiger partial charge in [0.05, 0.1) is 23.3 Å². The number of thiophene rings is 2. The van der Waals surface area contributed by atoms with Crippen molar-refractivity contribution >= 4 is 50.6 Å². The first-order valence-electron chi connectivity index (χ1n) is 9.50. The van der Waals surface area contributed by atoms with E-state index in [1.165, 1.54) is 22.2 Å². The number of hydrogen-bond acceptors (Lipinski definition) is 7. The lowest BCUT2D eigenvalue weighted by molar-refractivity contribution is -0.121. The highest BCUT2D eigenvalue weighted by molar-refractivity contribution is 7.98. The average Bonchev–Trinajstić information content (AvgIpc) is 3.45. The van der Waals surface area contributed by atoms with Crippen LogP contribution in [0.3, 0.4) is 0 Å². The molecule has 9 heteroatoms. The minimum atomic E-state index is -0.228. The van der Waals surface area contributed by atoms with Gasteiger partial charge >= 0.3 is 0 Å². The summed E-state index contributed by atoms with van der Waals surface area (Å²) in [5, 5.41) is 16.5. The number of benzene rings is 1. The molecule has 0 aliphatic carbocycles. The lowest BCUT2D eigenvalue weighted by Crippen LogP contribution is -2.33. The minimum Gasteiger partial charge on any atom is -0.354 e. The van der Waals surface area contributed by atoms with Crippen molar-refractivity contribution in [2.24, 2.45) is 0 Å². The smallest absolute Gasteiger partial charge is 0.263 e. The maximum absolute atomic E-state index is 13.0. The fourth-order valence-corrected chi connectivity index (χ4v) is 5.69. The van der Waals surface area contributed by atoms with Crippen LogP contribution in [0, 0.1) is 11.3 Å². The maximum atomic E-state index is 13.0. The van der Waals surface area contributed by atoms with Crippen molar-refractivity contribution in [1.29, 1.82) is 5.26 Å². The van der Waals surface area contributed by atoms with Crippen molar-refractivity contribution < 1.29 is 4.79 Å². The molecule has 0 fully saturated rings. The normalized spacial score (nSPS) is 10.8. The second-order valence-electron chi connectivity index (χ2n) is 6.66. The van der Waals surface area contributed by atoms with Crippen molar-refractivity contribution in [3.8, 4) is 16.5 Å². The molecule has 4 rings (SSSR count). The lowest BCUT2D eigenvalue weighted by atomic mass is 10.1. The molecule has 3 heterocycles. The first-order chi connectivity index (χ1) is 15.2. The molecule has 1 amide bonds. The van der Waals surface area contributed by atoms with Crippen LogP contribution >= 0.6 is 34.4 Å². The summed E-state index contributed by atoms with van der Waals surface area (Å²) in [5.74, 6) is 1.20. The third kappa shape index (κ3) is 4.88. The van der Waals surface area contributed by atoms with Gasteiger partial charge in [-0.1, -0.05) is 24.3 Å². The Morgan fingerprint density at radius 1 is 1.23 bits per heavy atom. The molecule has 3 aromatic heterocycles. The lowest BCUT2D eigenvalue weighted by Gasteiger charge is -2.08. The molecule has 0 saturated carbocycles. The van der Waals surface area contributed by atoms with E-state index in [-0.39, 0.29) is 18.0 Å². The van der Waals surface area contributed by atoms with Crippen LogP contribution < -0.4 is 10.9 Å². The van der Waals surface area contributed by atoms with E-state index in [9.17, 15) is 9.59 Å². The van der Waals surface area contributed by atoms with Gasteiger partial charge in [0.15, 0.2) is 0 Å². The fraction of sp³-hybridized carbons (Fsp3) is 0.182. The highest BCUT2D eigenvalue weighted by Gasteiger charge is 2.15. The fourth-order valence-electron chi connectivity index (χ4n) is 3.10. The topological polar surface area (TPSA) is 87.8 Å². The zero-order valence-corrected chi connectivity index (χ0v) is 18.9. The molecule has 6 nitrogen and oxygen atoms in total. The molecule has 31 heavy (non-hydrogen) atoms. The van der Waals surface area contributed by atoms with Crippen LogP contribution in [0.5, 0.6) is 0 Å². The number of amides is 1.